The summed E-state index contributed by atoms with van der Waals surface area (Å²) in [7, 11) is -2.10. The molecule has 2 amide bonds. The molecule has 1 unspecified atom stereocenters. The summed E-state index contributed by atoms with van der Waals surface area (Å²) in [6.07, 6.45) is 6.52. The molecule has 10 nitrogen and oxygen atoms in total. The Hall–Kier alpha value is -2.76. The number of benzene rings is 1. The van der Waals surface area contributed by atoms with Crippen LogP contribution in [0.3, 0.4) is 0 Å². The third-order valence-electron chi connectivity index (χ3n) is 7.18. The Kier molecular flexibility index (Phi) is 9.33. The second kappa shape index (κ2) is 12.7. The Labute approximate surface area is 219 Å². The Morgan fingerprint density at radius 1 is 1.14 bits per heavy atom. The highest BCUT2D eigenvalue weighted by Crippen LogP contribution is 2.20. The largest absolute Gasteiger partial charge is 0.356 e. The molecular formula is C26H38N6O4S. The average molecular weight is 531 g/mol. The first-order chi connectivity index (χ1) is 17.8. The third-order valence-corrected chi connectivity index (χ3v) is 8.96. The second-order valence-corrected chi connectivity index (χ2v) is 11.8. The van der Waals surface area contributed by atoms with E-state index in [1.54, 1.807) is 11.6 Å². The number of carbonyl (C=O) groups is 2. The quantitative estimate of drug-likeness (QED) is 0.521. The molecule has 0 spiro atoms. The van der Waals surface area contributed by atoms with E-state index in [2.05, 4.69) is 44.8 Å². The molecule has 1 aromatic carbocycles. The normalized spacial score (nSPS) is 20.5. The molecule has 2 N–H and O–H groups in total. The number of carbonyl (C=O) groups excluding carboxylic acids is 2. The molecule has 1 saturated heterocycles. The zero-order valence-electron chi connectivity index (χ0n) is 21.6. The molecule has 1 atom stereocenters. The van der Waals surface area contributed by atoms with Crippen molar-refractivity contribution in [2.24, 2.45) is 13.0 Å². The number of hydrogen-bond acceptors (Lipinski definition) is 6. The van der Waals surface area contributed by atoms with E-state index < -0.39 is 10.0 Å². The van der Waals surface area contributed by atoms with Gasteiger partial charge in [-0.3, -0.25) is 14.5 Å². The molecule has 2 aliphatic heterocycles. The molecule has 1 aromatic heterocycles. The fourth-order valence-corrected chi connectivity index (χ4v) is 6.48. The van der Waals surface area contributed by atoms with Gasteiger partial charge in [0.25, 0.3) is 10.0 Å². The summed E-state index contributed by atoms with van der Waals surface area (Å²) < 4.78 is 29.1. The first-order valence-electron chi connectivity index (χ1n) is 13.1. The lowest BCUT2D eigenvalue weighted by molar-refractivity contribution is -0.126. The molecule has 11 heteroatoms. The molecule has 0 aliphatic carbocycles. The van der Waals surface area contributed by atoms with Crippen LogP contribution in [0.15, 0.2) is 41.8 Å². The number of imidazole rings is 1. The molecule has 0 radical (unpaired) electrons. The van der Waals surface area contributed by atoms with Crippen molar-refractivity contribution < 1.29 is 18.0 Å². The fourth-order valence-electron chi connectivity index (χ4n) is 5.03. The van der Waals surface area contributed by atoms with E-state index in [4.69, 9.17) is 0 Å². The SMILES string of the molecule is Cn1cnc(S(=O)(=O)N2CCCC(C(=O)NCCCN3CCc4ccccc4C3)CCNC(=O)CC2)c1. The van der Waals surface area contributed by atoms with Crippen molar-refractivity contribution in [1.82, 2.24) is 29.4 Å². The number of aryl methyl sites for hydroxylation is 1. The van der Waals surface area contributed by atoms with Crippen LogP contribution in [0, 0.1) is 5.92 Å². The molecule has 1 fully saturated rings. The number of aromatic nitrogens is 2. The molecule has 202 valence electrons. The Balaban J connectivity index is 1.27. The van der Waals surface area contributed by atoms with Gasteiger partial charge in [0.05, 0.1) is 6.33 Å². The second-order valence-electron chi connectivity index (χ2n) is 9.95. The minimum absolute atomic E-state index is 0.0308. The molecule has 2 aliphatic rings. The number of nitrogens with zero attached hydrogens (tertiary/aromatic N) is 4. The predicted molar refractivity (Wildman–Crippen MR) is 140 cm³/mol. The summed E-state index contributed by atoms with van der Waals surface area (Å²) in [4.78, 5) is 31.7. The van der Waals surface area contributed by atoms with Crippen molar-refractivity contribution in [2.45, 2.75) is 50.1 Å². The minimum atomic E-state index is -3.81. The summed E-state index contributed by atoms with van der Waals surface area (Å²) in [5, 5.41) is 5.87. The number of amides is 2. The van der Waals surface area contributed by atoms with E-state index in [0.29, 0.717) is 32.4 Å². The zero-order chi connectivity index (χ0) is 26.3. The predicted octanol–water partition coefficient (Wildman–Crippen LogP) is 1.28. The van der Waals surface area contributed by atoms with Gasteiger partial charge < -0.3 is 15.2 Å². The van der Waals surface area contributed by atoms with Crippen LogP contribution in [0.25, 0.3) is 0 Å². The van der Waals surface area contributed by atoms with Crippen LogP contribution in [0.2, 0.25) is 0 Å². The molecule has 4 rings (SSSR count). The molecule has 3 heterocycles. The standard InChI is InChI=1S/C26H38N6O4S/c1-30-19-25(29-20-30)37(35,36)32-15-4-8-22(9-13-27-24(33)11-17-32)26(34)28-12-5-14-31-16-10-21-6-2-3-7-23(21)18-31/h2-3,6-7,19-20,22H,4-5,8-18H2,1H3,(H,27,33)(H,28,34). The fraction of sp³-hybridized carbons (Fsp3) is 0.577. The first kappa shape index (κ1) is 27.3. The van der Waals surface area contributed by atoms with Crippen LogP contribution in [0.4, 0.5) is 0 Å². The van der Waals surface area contributed by atoms with E-state index in [-0.39, 0.29) is 42.3 Å². The van der Waals surface area contributed by atoms with Gasteiger partial charge in [0.15, 0.2) is 5.03 Å². The minimum Gasteiger partial charge on any atom is -0.356 e. The van der Waals surface area contributed by atoms with Gasteiger partial charge in [-0.25, -0.2) is 13.4 Å². The van der Waals surface area contributed by atoms with Gasteiger partial charge >= 0.3 is 0 Å². The molecule has 37 heavy (non-hydrogen) atoms. The summed E-state index contributed by atoms with van der Waals surface area (Å²) in [5.74, 6) is -0.526. The van der Waals surface area contributed by atoms with Gasteiger partial charge in [0.1, 0.15) is 0 Å². The highest BCUT2D eigenvalue weighted by Gasteiger charge is 2.28. The number of hydrogen-bond donors (Lipinski definition) is 2. The number of sulfonamides is 1. The van der Waals surface area contributed by atoms with Crippen LogP contribution in [0.1, 0.15) is 43.2 Å². The van der Waals surface area contributed by atoms with E-state index in [9.17, 15) is 18.0 Å². The van der Waals surface area contributed by atoms with Crippen LogP contribution in [-0.4, -0.2) is 78.3 Å². The lowest BCUT2D eigenvalue weighted by atomic mass is 9.98. The highest BCUT2D eigenvalue weighted by molar-refractivity contribution is 7.89. The van der Waals surface area contributed by atoms with Crippen molar-refractivity contribution in [3.8, 4) is 0 Å². The van der Waals surface area contributed by atoms with E-state index >= 15 is 0 Å². The molecule has 0 saturated carbocycles. The summed E-state index contributed by atoms with van der Waals surface area (Å²) >= 11 is 0. The van der Waals surface area contributed by atoms with Gasteiger partial charge in [-0.2, -0.15) is 4.31 Å². The summed E-state index contributed by atoms with van der Waals surface area (Å²) in [6, 6.07) is 8.56. The Morgan fingerprint density at radius 2 is 1.95 bits per heavy atom. The molecular weight excluding hydrogens is 492 g/mol. The van der Waals surface area contributed by atoms with Crippen LogP contribution >= 0.6 is 0 Å². The van der Waals surface area contributed by atoms with E-state index in [1.165, 1.54) is 28.0 Å². The molecule has 2 aromatic rings. The lowest BCUT2D eigenvalue weighted by Crippen LogP contribution is -2.36. The van der Waals surface area contributed by atoms with Crippen LogP contribution in [0.5, 0.6) is 0 Å². The topological polar surface area (TPSA) is 117 Å². The average Bonchev–Trinajstić information content (AvgIpc) is 3.32. The highest BCUT2D eigenvalue weighted by atomic mass is 32.2. The van der Waals surface area contributed by atoms with Crippen molar-refractivity contribution in [3.63, 3.8) is 0 Å². The Bertz CT molecular complexity index is 1180. The zero-order valence-corrected chi connectivity index (χ0v) is 22.4. The van der Waals surface area contributed by atoms with Crippen LogP contribution < -0.4 is 10.6 Å². The van der Waals surface area contributed by atoms with Gasteiger partial charge in [-0.05, 0) is 43.2 Å². The third kappa shape index (κ3) is 7.39. The van der Waals surface area contributed by atoms with Crippen molar-refractivity contribution in [3.05, 3.63) is 47.9 Å². The van der Waals surface area contributed by atoms with Gasteiger partial charge in [-0.15, -0.1) is 0 Å². The number of rotatable bonds is 7. The van der Waals surface area contributed by atoms with Crippen molar-refractivity contribution in [2.75, 3.05) is 39.3 Å². The van der Waals surface area contributed by atoms with Crippen LogP contribution in [-0.2, 0) is 39.6 Å². The maximum Gasteiger partial charge on any atom is 0.262 e. The summed E-state index contributed by atoms with van der Waals surface area (Å²) in [5.41, 5.74) is 2.81. The van der Waals surface area contributed by atoms with Gasteiger partial charge in [-0.1, -0.05) is 24.3 Å². The van der Waals surface area contributed by atoms with E-state index in [1.807, 2.05) is 0 Å². The summed E-state index contributed by atoms with van der Waals surface area (Å²) in [6.45, 7) is 4.23. The maximum atomic E-state index is 13.1. The molecule has 0 bridgehead atoms. The first-order valence-corrected chi connectivity index (χ1v) is 14.6. The van der Waals surface area contributed by atoms with Gasteiger partial charge in [0.2, 0.25) is 11.8 Å². The van der Waals surface area contributed by atoms with Gasteiger partial charge in [0, 0.05) is 71.4 Å². The van der Waals surface area contributed by atoms with E-state index in [0.717, 1.165) is 32.5 Å². The maximum absolute atomic E-state index is 13.1. The Morgan fingerprint density at radius 3 is 2.73 bits per heavy atom. The van der Waals surface area contributed by atoms with Crippen molar-refractivity contribution in [1.29, 1.82) is 0 Å². The monoisotopic (exact) mass is 530 g/mol. The smallest absolute Gasteiger partial charge is 0.262 e. The number of fused-ring (bicyclic) bond motifs is 1. The van der Waals surface area contributed by atoms with Crippen molar-refractivity contribution >= 4 is 21.8 Å². The number of nitrogens with one attached hydrogen (secondary N) is 2. The lowest BCUT2D eigenvalue weighted by Gasteiger charge is -2.28.